The van der Waals surface area contributed by atoms with Crippen LogP contribution in [0.15, 0.2) is 87.5 Å². The Labute approximate surface area is 182 Å². The first-order valence-corrected chi connectivity index (χ1v) is 11.4. The lowest BCUT2D eigenvalue weighted by molar-refractivity contribution is -0.384. The summed E-state index contributed by atoms with van der Waals surface area (Å²) in [5.41, 5.74) is 0.254. The molecule has 0 bridgehead atoms. The number of hydrogen-bond acceptors (Lipinski definition) is 6. The smallest absolute Gasteiger partial charge is 0.269 e. The Balaban J connectivity index is 1.66. The molecular formula is C20H15ClN2O5S2. The Morgan fingerprint density at radius 2 is 1.53 bits per heavy atom. The standard InChI is InChI=1S/C20H15ClN2O5S2/c21-18-3-1-2-4-19(18)29-13-20(24)22-14-5-9-16(10-6-14)30(27,28)17-11-7-15(8-12-17)23(25)26/h1-12H,13H2,(H,22,24). The van der Waals surface area contributed by atoms with Crippen LogP contribution in [0, 0.1) is 10.1 Å². The molecule has 0 heterocycles. The summed E-state index contributed by atoms with van der Waals surface area (Å²) in [4.78, 5) is 23.0. The SMILES string of the molecule is O=C(CSc1ccccc1Cl)Nc1ccc(S(=O)(=O)c2ccc([N+](=O)[O-])cc2)cc1. The minimum atomic E-state index is -3.83. The van der Waals surface area contributed by atoms with Crippen LogP contribution in [0.1, 0.15) is 0 Å². The van der Waals surface area contributed by atoms with E-state index in [1.807, 2.05) is 12.1 Å². The molecule has 0 atom stereocenters. The van der Waals surface area contributed by atoms with Crippen LogP contribution in [0.25, 0.3) is 0 Å². The van der Waals surface area contributed by atoms with Gasteiger partial charge in [0.2, 0.25) is 15.7 Å². The summed E-state index contributed by atoms with van der Waals surface area (Å²) in [6.45, 7) is 0. The maximum absolute atomic E-state index is 12.7. The normalized spacial score (nSPS) is 11.1. The second kappa shape index (κ2) is 9.29. The third-order valence-electron chi connectivity index (χ3n) is 4.00. The van der Waals surface area contributed by atoms with Gasteiger partial charge in [0.1, 0.15) is 0 Å². The number of non-ortho nitro benzene ring substituents is 1. The summed E-state index contributed by atoms with van der Waals surface area (Å²) in [5, 5.41) is 14.0. The lowest BCUT2D eigenvalue weighted by Crippen LogP contribution is -2.14. The zero-order valence-electron chi connectivity index (χ0n) is 15.3. The fourth-order valence-corrected chi connectivity index (χ4v) is 4.80. The van der Waals surface area contributed by atoms with Crippen molar-refractivity contribution in [3.8, 4) is 0 Å². The number of sulfone groups is 1. The first-order valence-electron chi connectivity index (χ1n) is 8.54. The van der Waals surface area contributed by atoms with Gasteiger partial charge in [-0.2, -0.15) is 0 Å². The molecule has 154 valence electrons. The Morgan fingerprint density at radius 1 is 0.967 bits per heavy atom. The average molecular weight is 463 g/mol. The molecule has 0 aromatic heterocycles. The molecule has 1 amide bonds. The van der Waals surface area contributed by atoms with Gasteiger partial charge in [0.25, 0.3) is 5.69 Å². The van der Waals surface area contributed by atoms with Crippen LogP contribution >= 0.6 is 23.4 Å². The van der Waals surface area contributed by atoms with E-state index in [4.69, 9.17) is 11.6 Å². The molecule has 0 saturated heterocycles. The van der Waals surface area contributed by atoms with Crippen molar-refractivity contribution in [1.82, 2.24) is 0 Å². The van der Waals surface area contributed by atoms with E-state index in [2.05, 4.69) is 5.32 Å². The molecule has 0 spiro atoms. The molecule has 0 fully saturated rings. The van der Waals surface area contributed by atoms with Gasteiger partial charge in [-0.15, -0.1) is 11.8 Å². The molecule has 7 nitrogen and oxygen atoms in total. The lowest BCUT2D eigenvalue weighted by atomic mass is 10.3. The van der Waals surface area contributed by atoms with Gasteiger partial charge in [-0.1, -0.05) is 23.7 Å². The summed E-state index contributed by atoms with van der Waals surface area (Å²) in [6, 6.07) is 17.5. The number of carbonyl (C=O) groups is 1. The predicted octanol–water partition coefficient (Wildman–Crippen LogP) is 4.81. The van der Waals surface area contributed by atoms with E-state index in [1.165, 1.54) is 48.2 Å². The Morgan fingerprint density at radius 3 is 2.10 bits per heavy atom. The summed E-state index contributed by atoms with van der Waals surface area (Å²) >= 11 is 7.35. The number of halogens is 1. The number of anilines is 1. The maximum Gasteiger partial charge on any atom is 0.269 e. The van der Waals surface area contributed by atoms with Gasteiger partial charge >= 0.3 is 0 Å². The fourth-order valence-electron chi connectivity index (χ4n) is 2.50. The average Bonchev–Trinajstić information content (AvgIpc) is 2.73. The van der Waals surface area contributed by atoms with E-state index in [1.54, 1.807) is 12.1 Å². The topological polar surface area (TPSA) is 106 Å². The number of rotatable bonds is 7. The highest BCUT2D eigenvalue weighted by atomic mass is 35.5. The number of nitro benzene ring substituents is 1. The van der Waals surface area contributed by atoms with E-state index < -0.39 is 14.8 Å². The fraction of sp³-hybridized carbons (Fsp3) is 0.0500. The number of thioether (sulfide) groups is 1. The van der Waals surface area contributed by atoms with Crippen LogP contribution in [0.4, 0.5) is 11.4 Å². The van der Waals surface area contributed by atoms with Crippen molar-refractivity contribution in [2.45, 2.75) is 14.7 Å². The number of benzene rings is 3. The van der Waals surface area contributed by atoms with Gasteiger partial charge < -0.3 is 5.32 Å². The zero-order chi connectivity index (χ0) is 21.7. The van der Waals surface area contributed by atoms with Crippen LogP contribution in [-0.4, -0.2) is 25.0 Å². The van der Waals surface area contributed by atoms with Crippen molar-refractivity contribution in [2.24, 2.45) is 0 Å². The molecule has 0 aliphatic carbocycles. The molecule has 3 aromatic carbocycles. The molecule has 3 rings (SSSR count). The van der Waals surface area contributed by atoms with Crippen LogP contribution in [0.3, 0.4) is 0 Å². The molecule has 3 aromatic rings. The van der Waals surface area contributed by atoms with E-state index in [0.29, 0.717) is 10.7 Å². The minimum Gasteiger partial charge on any atom is -0.325 e. The summed E-state index contributed by atoms with van der Waals surface area (Å²) in [7, 11) is -3.83. The second-order valence-electron chi connectivity index (χ2n) is 6.05. The third-order valence-corrected chi connectivity index (χ3v) is 7.30. The van der Waals surface area contributed by atoms with Gasteiger partial charge in [-0.25, -0.2) is 8.42 Å². The summed E-state index contributed by atoms with van der Waals surface area (Å²) in [6.07, 6.45) is 0. The van der Waals surface area contributed by atoms with Crippen LogP contribution < -0.4 is 5.32 Å². The minimum absolute atomic E-state index is 0.0137. The zero-order valence-corrected chi connectivity index (χ0v) is 17.7. The first kappa shape index (κ1) is 21.8. The van der Waals surface area contributed by atoms with Crippen molar-refractivity contribution in [1.29, 1.82) is 0 Å². The van der Waals surface area contributed by atoms with Gasteiger partial charge in [-0.05, 0) is 48.5 Å². The highest BCUT2D eigenvalue weighted by Crippen LogP contribution is 2.27. The summed E-state index contributed by atoms with van der Waals surface area (Å²) < 4.78 is 25.3. The van der Waals surface area contributed by atoms with E-state index in [-0.39, 0.29) is 27.1 Å². The number of nitrogens with zero attached hydrogens (tertiary/aromatic N) is 1. The lowest BCUT2D eigenvalue weighted by Gasteiger charge is -2.08. The number of nitrogens with one attached hydrogen (secondary N) is 1. The number of carbonyl (C=O) groups excluding carboxylic acids is 1. The highest BCUT2D eigenvalue weighted by Gasteiger charge is 2.19. The quantitative estimate of drug-likeness (QED) is 0.306. The van der Waals surface area contributed by atoms with Crippen molar-refractivity contribution in [3.63, 3.8) is 0 Å². The molecule has 0 saturated carbocycles. The number of hydrogen-bond donors (Lipinski definition) is 1. The molecule has 0 aliphatic rings. The Kier molecular flexibility index (Phi) is 6.76. The monoisotopic (exact) mass is 462 g/mol. The molecule has 0 radical (unpaired) electrons. The van der Waals surface area contributed by atoms with E-state index >= 15 is 0 Å². The van der Waals surface area contributed by atoms with Crippen molar-refractivity contribution in [3.05, 3.63) is 87.9 Å². The van der Waals surface area contributed by atoms with Crippen LogP contribution in [0.2, 0.25) is 5.02 Å². The van der Waals surface area contributed by atoms with Gasteiger partial charge in [0.05, 0.1) is 25.5 Å². The molecular weight excluding hydrogens is 448 g/mol. The van der Waals surface area contributed by atoms with Gasteiger partial charge in [0, 0.05) is 22.7 Å². The highest BCUT2D eigenvalue weighted by molar-refractivity contribution is 8.00. The van der Waals surface area contributed by atoms with Crippen molar-refractivity contribution < 1.29 is 18.1 Å². The maximum atomic E-state index is 12.7. The third kappa shape index (κ3) is 5.18. The molecule has 0 unspecified atom stereocenters. The number of nitro groups is 1. The Bertz CT molecular complexity index is 1180. The van der Waals surface area contributed by atoms with Crippen molar-refractivity contribution in [2.75, 3.05) is 11.1 Å². The largest absolute Gasteiger partial charge is 0.325 e. The van der Waals surface area contributed by atoms with E-state index in [0.717, 1.165) is 17.0 Å². The van der Waals surface area contributed by atoms with Crippen molar-refractivity contribution >= 4 is 50.5 Å². The summed E-state index contributed by atoms with van der Waals surface area (Å²) in [5.74, 6) is -0.113. The van der Waals surface area contributed by atoms with Crippen LogP contribution in [-0.2, 0) is 14.6 Å². The first-order chi connectivity index (χ1) is 14.3. The molecule has 0 aliphatic heterocycles. The van der Waals surface area contributed by atoms with Gasteiger partial charge in [-0.3, -0.25) is 14.9 Å². The Hall–Kier alpha value is -2.88. The molecule has 1 N–H and O–H groups in total. The number of amides is 1. The van der Waals surface area contributed by atoms with Crippen LogP contribution in [0.5, 0.6) is 0 Å². The van der Waals surface area contributed by atoms with Gasteiger partial charge in [0.15, 0.2) is 0 Å². The molecule has 10 heteroatoms. The predicted molar refractivity (Wildman–Crippen MR) is 116 cm³/mol. The second-order valence-corrected chi connectivity index (χ2v) is 9.42. The molecule has 30 heavy (non-hydrogen) atoms. The van der Waals surface area contributed by atoms with E-state index in [9.17, 15) is 23.3 Å².